The van der Waals surface area contributed by atoms with Gasteiger partial charge in [-0.25, -0.2) is 9.80 Å². The quantitative estimate of drug-likeness (QED) is 0.181. The van der Waals surface area contributed by atoms with Crippen LogP contribution in [0.25, 0.3) is 28.4 Å². The molecule has 2 aliphatic rings. The van der Waals surface area contributed by atoms with Gasteiger partial charge >= 0.3 is 6.03 Å². The second-order valence-corrected chi connectivity index (χ2v) is 14.2. The molecule has 0 aliphatic carbocycles. The lowest BCUT2D eigenvalue weighted by molar-refractivity contribution is -0.189. The van der Waals surface area contributed by atoms with E-state index in [1.807, 2.05) is 72.8 Å². The van der Waals surface area contributed by atoms with Crippen molar-refractivity contribution in [2.24, 2.45) is 0 Å². The molecule has 276 valence electrons. The third-order valence-corrected chi connectivity index (χ3v) is 10.1. The molecule has 4 amide bonds. The Labute approximate surface area is 324 Å². The molecule has 3 aromatic carbocycles. The summed E-state index contributed by atoms with van der Waals surface area (Å²) < 4.78 is 6.55. The molecule has 2 N–H and O–H groups in total. The molecule has 13 nitrogen and oxygen atoms in total. The summed E-state index contributed by atoms with van der Waals surface area (Å²) in [5.74, 6) is -0.107. The number of urea groups is 1. The van der Waals surface area contributed by atoms with Gasteiger partial charge in [0.1, 0.15) is 23.7 Å². The molecule has 0 bridgehead atoms. The number of hydrazine groups is 1. The monoisotopic (exact) mass is 798 g/mol. The second kappa shape index (κ2) is 15.5. The Morgan fingerprint density at radius 3 is 2.56 bits per heavy atom. The van der Waals surface area contributed by atoms with Crippen LogP contribution in [0, 0.1) is 0 Å². The number of aromatic nitrogens is 3. The summed E-state index contributed by atoms with van der Waals surface area (Å²) in [7, 11) is 0. The number of halogens is 1. The highest BCUT2D eigenvalue weighted by Gasteiger charge is 2.51. The number of aromatic hydroxyl groups is 1. The Bertz CT molecular complexity index is 2370. The number of nitrogens with zero attached hydrogens (tertiary/aromatic N) is 7. The highest BCUT2D eigenvalue weighted by atomic mass is 79.9. The van der Waals surface area contributed by atoms with E-state index in [2.05, 4.69) is 36.4 Å². The molecule has 2 saturated heterocycles. The summed E-state index contributed by atoms with van der Waals surface area (Å²) >= 11 is 3.40. The Hall–Kier alpha value is -6.38. The molecule has 3 aromatic heterocycles. The number of nitrogens with one attached hydrogen (secondary N) is 1. The van der Waals surface area contributed by atoms with Crippen molar-refractivity contribution in [3.8, 4) is 17.1 Å². The van der Waals surface area contributed by atoms with Crippen molar-refractivity contribution in [2.75, 3.05) is 13.1 Å². The number of piperazine rings is 1. The number of phenolic OH excluding ortho intramolecular Hbond substituents is 1. The number of fused-ring (bicyclic) bond motifs is 2. The van der Waals surface area contributed by atoms with Gasteiger partial charge in [-0.1, -0.05) is 78.0 Å². The molecule has 14 heteroatoms. The van der Waals surface area contributed by atoms with Crippen molar-refractivity contribution >= 4 is 50.8 Å². The second-order valence-electron chi connectivity index (χ2n) is 13.2. The molecule has 2 atom stereocenters. The van der Waals surface area contributed by atoms with Gasteiger partial charge in [-0.2, -0.15) is 5.01 Å². The average Bonchev–Trinajstić information content (AvgIpc) is 3.67. The fourth-order valence-corrected chi connectivity index (χ4v) is 7.20. The predicted molar refractivity (Wildman–Crippen MR) is 207 cm³/mol. The van der Waals surface area contributed by atoms with E-state index in [0.29, 0.717) is 17.1 Å². The lowest BCUT2D eigenvalue weighted by atomic mass is 10.0. The topological polar surface area (TPSA) is 148 Å². The molecular formula is C41H35BrN8O5. The maximum Gasteiger partial charge on any atom is 0.334 e. The predicted octanol–water partition coefficient (Wildman–Crippen LogP) is 5.97. The molecule has 2 aliphatic heterocycles. The number of carbonyl (C=O) groups excluding carboxylic acids is 3. The third-order valence-electron chi connectivity index (χ3n) is 9.60. The number of pyridine rings is 2. The summed E-state index contributed by atoms with van der Waals surface area (Å²) in [4.78, 5) is 55.4. The lowest BCUT2D eigenvalue weighted by Crippen LogP contribution is -2.75. The maximum absolute atomic E-state index is 14.5. The van der Waals surface area contributed by atoms with E-state index in [1.165, 1.54) is 9.91 Å². The van der Waals surface area contributed by atoms with Gasteiger partial charge in [-0.3, -0.25) is 19.6 Å². The van der Waals surface area contributed by atoms with Gasteiger partial charge in [0.25, 0.3) is 0 Å². The van der Waals surface area contributed by atoms with E-state index in [9.17, 15) is 19.5 Å². The zero-order valence-electron chi connectivity index (χ0n) is 29.4. The summed E-state index contributed by atoms with van der Waals surface area (Å²) in [6.45, 7) is 0.310. The van der Waals surface area contributed by atoms with E-state index < -0.39 is 18.2 Å². The van der Waals surface area contributed by atoms with Crippen molar-refractivity contribution in [2.45, 2.75) is 31.8 Å². The first kappa shape index (κ1) is 35.6. The number of hydrogen-bond donors (Lipinski definition) is 2. The fraction of sp³-hybridized carbons (Fsp3) is 0.171. The summed E-state index contributed by atoms with van der Waals surface area (Å²) in [6.07, 6.45) is 5.92. The van der Waals surface area contributed by atoms with E-state index in [1.54, 1.807) is 64.8 Å². The van der Waals surface area contributed by atoms with Crippen molar-refractivity contribution in [3.05, 3.63) is 149 Å². The Balaban J connectivity index is 1.16. The van der Waals surface area contributed by atoms with Gasteiger partial charge in [-0.15, -0.1) is 0 Å². The minimum absolute atomic E-state index is 0.0322. The van der Waals surface area contributed by atoms with Crippen LogP contribution >= 0.6 is 15.9 Å². The molecule has 2 unspecified atom stereocenters. The van der Waals surface area contributed by atoms with Crippen LogP contribution in [-0.2, 0) is 29.2 Å². The van der Waals surface area contributed by atoms with Gasteiger partial charge in [0.05, 0.1) is 30.8 Å². The number of phenols is 1. The maximum atomic E-state index is 14.5. The summed E-state index contributed by atoms with van der Waals surface area (Å²) in [5, 5.41) is 21.2. The van der Waals surface area contributed by atoms with Crippen LogP contribution < -0.4 is 5.32 Å². The Morgan fingerprint density at radius 2 is 1.76 bits per heavy atom. The molecule has 0 radical (unpaired) electrons. The van der Waals surface area contributed by atoms with Gasteiger partial charge in [0.15, 0.2) is 5.76 Å². The van der Waals surface area contributed by atoms with Gasteiger partial charge in [0, 0.05) is 41.4 Å². The largest absolute Gasteiger partial charge is 0.508 e. The Kier molecular flexibility index (Phi) is 10.1. The van der Waals surface area contributed by atoms with E-state index >= 15 is 0 Å². The highest BCUT2D eigenvalue weighted by molar-refractivity contribution is 9.10. The molecular weight excluding hydrogens is 764 g/mol. The SMILES string of the molecule is O=C1C(/C=C/c2ccc(O)cc2)N2C(=O)CN(Cc3cc(-c4ccc(Br)cn4)no3)N(C(=O)NCc3ccccc3)C2CN1Cc1cccc2ncccc12. The van der Waals surface area contributed by atoms with Crippen molar-refractivity contribution in [1.29, 1.82) is 0 Å². The van der Waals surface area contributed by atoms with Crippen molar-refractivity contribution < 1.29 is 24.0 Å². The van der Waals surface area contributed by atoms with Gasteiger partial charge in [0.2, 0.25) is 11.8 Å². The first-order valence-corrected chi connectivity index (χ1v) is 18.4. The van der Waals surface area contributed by atoms with Crippen LogP contribution in [0.4, 0.5) is 4.79 Å². The van der Waals surface area contributed by atoms with E-state index in [4.69, 9.17) is 4.52 Å². The number of carbonyl (C=O) groups is 3. The van der Waals surface area contributed by atoms with Gasteiger partial charge < -0.3 is 24.7 Å². The van der Waals surface area contributed by atoms with Crippen LogP contribution in [0.3, 0.4) is 0 Å². The summed E-state index contributed by atoms with van der Waals surface area (Å²) in [5.41, 5.74) is 4.40. The van der Waals surface area contributed by atoms with Gasteiger partial charge in [-0.05, 0) is 69.0 Å². The summed E-state index contributed by atoms with van der Waals surface area (Å²) in [6, 6.07) is 29.6. The molecule has 0 saturated carbocycles. The lowest BCUT2D eigenvalue weighted by Gasteiger charge is -2.54. The first-order valence-electron chi connectivity index (χ1n) is 17.6. The molecule has 2 fully saturated rings. The number of benzene rings is 3. The smallest absolute Gasteiger partial charge is 0.334 e. The van der Waals surface area contributed by atoms with E-state index in [-0.39, 0.29) is 50.3 Å². The minimum Gasteiger partial charge on any atom is -0.508 e. The van der Waals surface area contributed by atoms with E-state index in [0.717, 1.165) is 32.1 Å². The van der Waals surface area contributed by atoms with Crippen molar-refractivity contribution in [1.82, 2.24) is 40.3 Å². The average molecular weight is 800 g/mol. The first-order chi connectivity index (χ1) is 26.8. The van der Waals surface area contributed by atoms with Crippen LogP contribution in [-0.4, -0.2) is 83.2 Å². The zero-order valence-corrected chi connectivity index (χ0v) is 31.0. The number of rotatable bonds is 9. The Morgan fingerprint density at radius 1 is 0.927 bits per heavy atom. The van der Waals surface area contributed by atoms with Crippen LogP contribution in [0.15, 0.2) is 131 Å². The standard InChI is InChI=1S/C41H35BrN8O5/c42-30-14-17-35(44-22-30)36-20-32(55-46-36)24-48-26-39(52)49-37(18-13-27-11-15-31(51)16-12-27)40(53)47(23-29-8-4-10-34-33(29)9-5-19-43-34)25-38(49)50(48)41(54)45-21-28-6-2-1-3-7-28/h1-20,22,37-38,51H,21,23-26H2,(H,45,54)/b18-13+. The fourth-order valence-electron chi connectivity index (χ4n) is 6.97. The molecule has 6 aromatic rings. The molecule has 8 rings (SSSR count). The third kappa shape index (κ3) is 7.68. The van der Waals surface area contributed by atoms with Crippen LogP contribution in [0.2, 0.25) is 0 Å². The van der Waals surface area contributed by atoms with Crippen molar-refractivity contribution in [3.63, 3.8) is 0 Å². The van der Waals surface area contributed by atoms with Crippen LogP contribution in [0.5, 0.6) is 5.75 Å². The highest BCUT2D eigenvalue weighted by Crippen LogP contribution is 2.31. The minimum atomic E-state index is -1.04. The molecule has 0 spiro atoms. The zero-order chi connectivity index (χ0) is 37.9. The molecule has 55 heavy (non-hydrogen) atoms. The number of hydrogen-bond acceptors (Lipinski definition) is 9. The molecule has 5 heterocycles. The number of amides is 4. The van der Waals surface area contributed by atoms with Crippen LogP contribution in [0.1, 0.15) is 22.5 Å². The normalized spacial score (nSPS) is 17.6.